The lowest BCUT2D eigenvalue weighted by molar-refractivity contribution is 0.564. The second kappa shape index (κ2) is 10.0. The number of halogens is 1. The number of benzene rings is 3. The summed E-state index contributed by atoms with van der Waals surface area (Å²) in [7, 11) is 0. The van der Waals surface area contributed by atoms with Gasteiger partial charge in [-0.1, -0.05) is 18.2 Å². The van der Waals surface area contributed by atoms with Gasteiger partial charge in [0, 0.05) is 9.13 Å². The zero-order chi connectivity index (χ0) is 20.6. The third kappa shape index (κ3) is 5.53. The highest BCUT2D eigenvalue weighted by molar-refractivity contribution is 14.1. The van der Waals surface area contributed by atoms with E-state index in [1.54, 1.807) is 29.5 Å². The molecule has 4 rings (SSSR count). The molecule has 0 aliphatic heterocycles. The van der Waals surface area contributed by atoms with Crippen LogP contribution in [0.4, 0.5) is 11.4 Å². The van der Waals surface area contributed by atoms with E-state index in [4.69, 9.17) is 0 Å². The highest BCUT2D eigenvalue weighted by atomic mass is 127. The predicted octanol–water partition coefficient (Wildman–Crippen LogP) is 6.50. The van der Waals surface area contributed by atoms with Crippen LogP contribution in [0, 0.1) is 10.5 Å². The van der Waals surface area contributed by atoms with Crippen molar-refractivity contribution in [1.29, 1.82) is 0 Å². The van der Waals surface area contributed by atoms with Gasteiger partial charge in [0.25, 0.3) is 0 Å². The number of para-hydroxylation sites is 1. The van der Waals surface area contributed by atoms with Crippen LogP contribution in [0.25, 0.3) is 20.8 Å². The number of hydrogen-bond acceptors (Lipinski definition) is 6. The molecule has 5 nitrogen and oxygen atoms in total. The van der Waals surface area contributed by atoms with Crippen molar-refractivity contribution in [2.45, 2.75) is 6.92 Å². The smallest absolute Gasteiger partial charge is 0.236 e. The fraction of sp³-hybridized carbons (Fsp3) is 0.0455. The molecule has 0 unspecified atom stereocenters. The second-order valence-electron chi connectivity index (χ2n) is 5.89. The SMILES string of the molecule is Cc1ccc2nc(-c3ccc(N=C=O)cc3)sc2c1.O=C=Nc1ccccc1I. The first-order chi connectivity index (χ1) is 14.1. The average molecular weight is 511 g/mol. The molecule has 0 N–H and O–H groups in total. The van der Waals surface area contributed by atoms with Crippen LogP contribution in [0.15, 0.2) is 76.7 Å². The van der Waals surface area contributed by atoms with Gasteiger partial charge in [0.2, 0.25) is 12.2 Å². The van der Waals surface area contributed by atoms with E-state index in [0.29, 0.717) is 11.4 Å². The van der Waals surface area contributed by atoms with Crippen LogP contribution < -0.4 is 0 Å². The standard InChI is InChI=1S/C15H10N2OS.C7H4INO/c1-10-2-7-13-14(8-10)19-15(17-13)11-3-5-12(6-4-11)16-9-18;8-6-3-1-2-4-7(6)9-5-10/h2-8H,1H3;1-4H. The van der Waals surface area contributed by atoms with Crippen LogP contribution >= 0.6 is 33.9 Å². The van der Waals surface area contributed by atoms with Crippen LogP contribution in [-0.4, -0.2) is 17.1 Å². The molecule has 0 aliphatic carbocycles. The Morgan fingerprint density at radius 1 is 0.931 bits per heavy atom. The number of aliphatic imine (C=N–C) groups is 2. The van der Waals surface area contributed by atoms with Crippen molar-refractivity contribution in [3.63, 3.8) is 0 Å². The summed E-state index contributed by atoms with van der Waals surface area (Å²) in [6.07, 6.45) is 3.03. The first-order valence-electron chi connectivity index (χ1n) is 8.48. The van der Waals surface area contributed by atoms with Crippen LogP contribution in [-0.2, 0) is 9.59 Å². The van der Waals surface area contributed by atoms with Crippen LogP contribution in [0.5, 0.6) is 0 Å². The Kier molecular flexibility index (Phi) is 7.16. The number of rotatable bonds is 3. The maximum atomic E-state index is 10.2. The van der Waals surface area contributed by atoms with Gasteiger partial charge in [-0.25, -0.2) is 14.6 Å². The fourth-order valence-electron chi connectivity index (χ4n) is 2.48. The third-order valence-corrected chi connectivity index (χ3v) is 5.83. The van der Waals surface area contributed by atoms with Crippen LogP contribution in [0.2, 0.25) is 0 Å². The summed E-state index contributed by atoms with van der Waals surface area (Å²) < 4.78 is 2.15. The van der Waals surface area contributed by atoms with E-state index in [1.807, 2.05) is 36.4 Å². The summed E-state index contributed by atoms with van der Waals surface area (Å²) in [6, 6.07) is 21.0. The number of hydrogen-bond donors (Lipinski definition) is 0. The van der Waals surface area contributed by atoms with Crippen molar-refractivity contribution in [2.75, 3.05) is 0 Å². The highest BCUT2D eigenvalue weighted by Gasteiger charge is 2.06. The normalized spacial score (nSPS) is 9.72. The molecule has 0 fully saturated rings. The quantitative estimate of drug-likeness (QED) is 0.179. The predicted molar refractivity (Wildman–Crippen MR) is 125 cm³/mol. The first-order valence-corrected chi connectivity index (χ1v) is 10.4. The monoisotopic (exact) mass is 511 g/mol. The maximum absolute atomic E-state index is 10.2. The van der Waals surface area contributed by atoms with E-state index < -0.39 is 0 Å². The lowest BCUT2D eigenvalue weighted by Gasteiger charge is -1.95. The third-order valence-electron chi connectivity index (χ3n) is 3.85. The second-order valence-corrected chi connectivity index (χ2v) is 8.09. The van der Waals surface area contributed by atoms with Crippen molar-refractivity contribution in [2.24, 2.45) is 9.98 Å². The molecule has 3 aromatic carbocycles. The van der Waals surface area contributed by atoms with Crippen molar-refractivity contribution in [1.82, 2.24) is 4.98 Å². The Morgan fingerprint density at radius 3 is 2.34 bits per heavy atom. The Morgan fingerprint density at radius 2 is 1.66 bits per heavy atom. The van der Waals surface area contributed by atoms with E-state index in [9.17, 15) is 9.59 Å². The molecule has 0 saturated carbocycles. The minimum atomic E-state index is 0.607. The fourth-order valence-corrected chi connectivity index (χ4v) is 4.06. The summed E-state index contributed by atoms with van der Waals surface area (Å²) in [4.78, 5) is 31.7. The van der Waals surface area contributed by atoms with E-state index in [1.165, 1.54) is 22.4 Å². The Hall–Kier alpha value is -2.96. The number of aromatic nitrogens is 1. The summed E-state index contributed by atoms with van der Waals surface area (Å²) in [6.45, 7) is 2.07. The minimum absolute atomic E-state index is 0.607. The molecule has 7 heteroatoms. The molecule has 1 aromatic heterocycles. The molecule has 1 heterocycles. The molecule has 0 spiro atoms. The molecule has 142 valence electrons. The Labute approximate surface area is 185 Å². The average Bonchev–Trinajstić information content (AvgIpc) is 3.14. The number of isocyanates is 2. The van der Waals surface area contributed by atoms with E-state index in [2.05, 4.69) is 56.6 Å². The first kappa shape index (κ1) is 20.8. The molecule has 0 amide bonds. The van der Waals surface area contributed by atoms with Crippen molar-refractivity contribution in [3.8, 4) is 10.6 Å². The number of fused-ring (bicyclic) bond motifs is 1. The van der Waals surface area contributed by atoms with Gasteiger partial charge in [-0.2, -0.15) is 9.98 Å². The zero-order valence-electron chi connectivity index (χ0n) is 15.3. The van der Waals surface area contributed by atoms with Gasteiger partial charge in [-0.15, -0.1) is 11.3 Å². The van der Waals surface area contributed by atoms with Gasteiger partial charge >= 0.3 is 0 Å². The van der Waals surface area contributed by atoms with Gasteiger partial charge in [0.1, 0.15) is 5.01 Å². The van der Waals surface area contributed by atoms with Gasteiger partial charge < -0.3 is 0 Å². The lowest BCUT2D eigenvalue weighted by Crippen LogP contribution is -1.75. The van der Waals surface area contributed by atoms with Crippen molar-refractivity contribution >= 4 is 67.7 Å². The Balaban J connectivity index is 0.000000204. The topological polar surface area (TPSA) is 71.8 Å². The van der Waals surface area contributed by atoms with E-state index in [0.717, 1.165) is 19.7 Å². The summed E-state index contributed by atoms with van der Waals surface area (Å²) in [5, 5.41) is 0.974. The number of carbonyl (C=O) groups excluding carboxylic acids is 2. The summed E-state index contributed by atoms with van der Waals surface area (Å²) in [5.41, 5.74) is 4.57. The number of aryl methyl sites for hydroxylation is 1. The van der Waals surface area contributed by atoms with Crippen molar-refractivity contribution < 1.29 is 9.59 Å². The van der Waals surface area contributed by atoms with Gasteiger partial charge in [0.15, 0.2) is 0 Å². The minimum Gasteiger partial charge on any atom is -0.236 e. The molecule has 0 aliphatic rings. The number of thiazole rings is 1. The molecular weight excluding hydrogens is 497 g/mol. The van der Waals surface area contributed by atoms with Gasteiger partial charge in [-0.3, -0.25) is 0 Å². The largest absolute Gasteiger partial charge is 0.240 e. The van der Waals surface area contributed by atoms with Crippen LogP contribution in [0.3, 0.4) is 0 Å². The lowest BCUT2D eigenvalue weighted by atomic mass is 10.2. The van der Waals surface area contributed by atoms with Crippen LogP contribution in [0.1, 0.15) is 5.56 Å². The molecule has 4 aromatic rings. The highest BCUT2D eigenvalue weighted by Crippen LogP contribution is 2.31. The molecule has 0 radical (unpaired) electrons. The molecule has 0 bridgehead atoms. The van der Waals surface area contributed by atoms with Gasteiger partial charge in [-0.05, 0) is 83.6 Å². The van der Waals surface area contributed by atoms with E-state index >= 15 is 0 Å². The molecule has 0 saturated heterocycles. The number of nitrogens with zero attached hydrogens (tertiary/aromatic N) is 3. The molecule has 29 heavy (non-hydrogen) atoms. The van der Waals surface area contributed by atoms with E-state index in [-0.39, 0.29) is 0 Å². The summed E-state index contributed by atoms with van der Waals surface area (Å²) >= 11 is 3.78. The maximum Gasteiger partial charge on any atom is 0.240 e. The molecular formula is C22H14IN3O2S. The zero-order valence-corrected chi connectivity index (χ0v) is 18.3. The Bertz CT molecular complexity index is 1240. The van der Waals surface area contributed by atoms with Crippen molar-refractivity contribution in [3.05, 3.63) is 75.9 Å². The van der Waals surface area contributed by atoms with Gasteiger partial charge in [0.05, 0.1) is 21.6 Å². The summed E-state index contributed by atoms with van der Waals surface area (Å²) in [5.74, 6) is 0. The molecule has 0 atom stereocenters.